The first-order chi connectivity index (χ1) is 16.4. The minimum Gasteiger partial charge on any atom is -0.368 e. The van der Waals surface area contributed by atoms with Crippen LogP contribution in [-0.4, -0.2) is 51.4 Å². The zero-order chi connectivity index (χ0) is 23.8. The normalized spacial score (nSPS) is 14.1. The molecule has 2 N–H and O–H groups in total. The van der Waals surface area contributed by atoms with Gasteiger partial charge in [0.1, 0.15) is 0 Å². The molecule has 178 valence electrons. The van der Waals surface area contributed by atoms with Crippen LogP contribution in [0.5, 0.6) is 0 Å². The van der Waals surface area contributed by atoms with Crippen LogP contribution >= 0.6 is 0 Å². The summed E-state index contributed by atoms with van der Waals surface area (Å²) in [7, 11) is 6.05. The highest BCUT2D eigenvalue weighted by Crippen LogP contribution is 2.39. The van der Waals surface area contributed by atoms with Gasteiger partial charge in [0.2, 0.25) is 0 Å². The van der Waals surface area contributed by atoms with Gasteiger partial charge in [0, 0.05) is 25.2 Å². The monoisotopic (exact) mass is 458 g/mol. The van der Waals surface area contributed by atoms with Crippen LogP contribution in [0.1, 0.15) is 37.3 Å². The Kier molecular flexibility index (Phi) is 6.04. The van der Waals surface area contributed by atoms with Crippen molar-refractivity contribution in [2.45, 2.75) is 38.6 Å². The topological polar surface area (TPSA) is 70.9 Å². The van der Waals surface area contributed by atoms with Crippen LogP contribution in [0.4, 0.5) is 5.82 Å². The maximum Gasteiger partial charge on any atom is 0.329 e. The maximum absolute atomic E-state index is 13.0. The lowest BCUT2D eigenvalue weighted by atomic mass is 9.92. The molecule has 0 unspecified atom stereocenters. The number of benzene rings is 2. The number of aromatic nitrogens is 4. The van der Waals surface area contributed by atoms with Crippen LogP contribution in [0.3, 0.4) is 0 Å². The second kappa shape index (κ2) is 9.14. The number of rotatable bonds is 8. The van der Waals surface area contributed by atoms with E-state index in [1.165, 1.54) is 12.0 Å². The second-order valence-electron chi connectivity index (χ2n) is 9.78. The fraction of sp³-hybridized carbons (Fsp3) is 0.407. The number of hydrogen-bond acceptors (Lipinski definition) is 4. The molecule has 4 aromatic rings. The molecule has 0 bridgehead atoms. The average molecular weight is 459 g/mol. The summed E-state index contributed by atoms with van der Waals surface area (Å²) in [6.07, 6.45) is 4.39. The van der Waals surface area contributed by atoms with Gasteiger partial charge in [0.15, 0.2) is 5.82 Å². The molecule has 0 atom stereocenters. The Hall–Kier alpha value is -3.32. The van der Waals surface area contributed by atoms with Gasteiger partial charge in [-0.15, -0.1) is 0 Å². The number of aryl methyl sites for hydroxylation is 2. The zero-order valence-corrected chi connectivity index (χ0v) is 20.6. The van der Waals surface area contributed by atoms with Crippen molar-refractivity contribution < 1.29 is 0 Å². The molecule has 1 saturated carbocycles. The SMILES string of the molecule is Cc1cccc(-c2[nH]nc(NCCCN(C)C)c2-c2ccc3c(c2)n(C)c(=O)n3C2CCC2)c1. The highest BCUT2D eigenvalue weighted by atomic mass is 16.1. The van der Waals surface area contributed by atoms with E-state index in [0.717, 1.165) is 71.6 Å². The lowest BCUT2D eigenvalue weighted by Gasteiger charge is -2.26. The van der Waals surface area contributed by atoms with E-state index in [-0.39, 0.29) is 5.69 Å². The molecule has 1 fully saturated rings. The minimum atomic E-state index is 0.0741. The van der Waals surface area contributed by atoms with Crippen molar-refractivity contribution in [2.24, 2.45) is 7.05 Å². The molecule has 0 amide bonds. The van der Waals surface area contributed by atoms with E-state index in [9.17, 15) is 4.79 Å². The summed E-state index contributed by atoms with van der Waals surface area (Å²) in [5.41, 5.74) is 7.44. The van der Waals surface area contributed by atoms with Crippen LogP contribution < -0.4 is 11.0 Å². The lowest BCUT2D eigenvalue weighted by molar-refractivity contribution is 0.312. The Balaban J connectivity index is 1.60. The average Bonchev–Trinajstić information content (AvgIpc) is 3.30. The smallest absolute Gasteiger partial charge is 0.329 e. The molecule has 0 saturated heterocycles. The first-order valence-electron chi connectivity index (χ1n) is 12.2. The van der Waals surface area contributed by atoms with Crippen LogP contribution in [0, 0.1) is 6.92 Å². The molecule has 2 aromatic carbocycles. The van der Waals surface area contributed by atoms with E-state index in [0.29, 0.717) is 6.04 Å². The highest BCUT2D eigenvalue weighted by molar-refractivity contribution is 5.92. The van der Waals surface area contributed by atoms with Gasteiger partial charge in [-0.2, -0.15) is 5.10 Å². The van der Waals surface area contributed by atoms with Gasteiger partial charge in [-0.3, -0.25) is 14.2 Å². The molecule has 34 heavy (non-hydrogen) atoms. The first kappa shape index (κ1) is 22.5. The quantitative estimate of drug-likeness (QED) is 0.372. The molecule has 1 aliphatic rings. The molecule has 0 aliphatic heterocycles. The summed E-state index contributed by atoms with van der Waals surface area (Å²) in [6.45, 7) is 3.95. The van der Waals surface area contributed by atoms with Gasteiger partial charge < -0.3 is 10.2 Å². The van der Waals surface area contributed by atoms with Gasteiger partial charge in [0.25, 0.3) is 0 Å². The fourth-order valence-electron chi connectivity index (χ4n) is 4.88. The van der Waals surface area contributed by atoms with Crippen molar-refractivity contribution in [1.29, 1.82) is 0 Å². The number of nitrogens with zero attached hydrogens (tertiary/aromatic N) is 4. The standard InChI is InChI=1S/C27H34N6O/c1-18-8-5-9-20(16-18)25-24(26(30-29-25)28-14-7-15-31(2)3)19-12-13-22-23(17-19)32(4)27(34)33(22)21-10-6-11-21/h5,8-9,12-13,16-17,21H,6-7,10-11,14-15H2,1-4H3,(H2,28,29,30). The molecule has 2 aromatic heterocycles. The molecule has 7 nitrogen and oxygen atoms in total. The van der Waals surface area contributed by atoms with Crippen molar-refractivity contribution in [3.8, 4) is 22.4 Å². The Labute approximate surface area is 200 Å². The predicted octanol–water partition coefficient (Wildman–Crippen LogP) is 4.79. The van der Waals surface area contributed by atoms with Crippen LogP contribution in [0.15, 0.2) is 47.3 Å². The van der Waals surface area contributed by atoms with Crippen LogP contribution in [-0.2, 0) is 7.05 Å². The summed E-state index contributed by atoms with van der Waals surface area (Å²) in [6, 6.07) is 15.2. The summed E-state index contributed by atoms with van der Waals surface area (Å²) in [5.74, 6) is 0.845. The third-order valence-corrected chi connectivity index (χ3v) is 6.97. The van der Waals surface area contributed by atoms with E-state index in [2.05, 4.69) is 83.9 Å². The molecular weight excluding hydrogens is 424 g/mol. The van der Waals surface area contributed by atoms with E-state index in [1.54, 1.807) is 4.57 Å². The number of fused-ring (bicyclic) bond motifs is 1. The second-order valence-corrected chi connectivity index (χ2v) is 9.78. The van der Waals surface area contributed by atoms with Gasteiger partial charge in [-0.25, -0.2) is 4.79 Å². The van der Waals surface area contributed by atoms with Crippen LogP contribution in [0.25, 0.3) is 33.4 Å². The number of hydrogen-bond donors (Lipinski definition) is 2. The Morgan fingerprint density at radius 2 is 1.94 bits per heavy atom. The fourth-order valence-corrected chi connectivity index (χ4v) is 4.88. The number of nitrogens with one attached hydrogen (secondary N) is 2. The predicted molar refractivity (Wildman–Crippen MR) is 139 cm³/mol. The molecule has 7 heteroatoms. The molecule has 2 heterocycles. The number of aromatic amines is 1. The summed E-state index contributed by atoms with van der Waals surface area (Å²) >= 11 is 0. The maximum atomic E-state index is 13.0. The third-order valence-electron chi connectivity index (χ3n) is 6.97. The first-order valence-corrected chi connectivity index (χ1v) is 12.2. The molecule has 0 spiro atoms. The van der Waals surface area contributed by atoms with Crippen molar-refractivity contribution >= 4 is 16.9 Å². The van der Waals surface area contributed by atoms with Crippen LogP contribution in [0.2, 0.25) is 0 Å². The zero-order valence-electron chi connectivity index (χ0n) is 20.6. The molecule has 5 rings (SSSR count). The van der Waals surface area contributed by atoms with E-state index in [4.69, 9.17) is 0 Å². The summed E-state index contributed by atoms with van der Waals surface area (Å²) < 4.78 is 3.77. The van der Waals surface area contributed by atoms with Crippen molar-refractivity contribution in [3.63, 3.8) is 0 Å². The van der Waals surface area contributed by atoms with E-state index in [1.807, 2.05) is 11.6 Å². The van der Waals surface area contributed by atoms with Gasteiger partial charge in [0.05, 0.1) is 22.3 Å². The lowest BCUT2D eigenvalue weighted by Crippen LogP contribution is -2.29. The van der Waals surface area contributed by atoms with Gasteiger partial charge >= 0.3 is 5.69 Å². The van der Waals surface area contributed by atoms with Gasteiger partial charge in [-0.05, 0) is 77.0 Å². The highest BCUT2D eigenvalue weighted by Gasteiger charge is 2.25. The number of imidazole rings is 1. The summed E-state index contributed by atoms with van der Waals surface area (Å²) in [5, 5.41) is 11.5. The molecule has 1 aliphatic carbocycles. The largest absolute Gasteiger partial charge is 0.368 e. The Morgan fingerprint density at radius 1 is 1.12 bits per heavy atom. The van der Waals surface area contributed by atoms with Crippen molar-refractivity contribution in [2.75, 3.05) is 32.5 Å². The Morgan fingerprint density at radius 3 is 2.65 bits per heavy atom. The number of H-pyrrole nitrogens is 1. The minimum absolute atomic E-state index is 0.0741. The van der Waals surface area contributed by atoms with E-state index < -0.39 is 0 Å². The third kappa shape index (κ3) is 4.05. The number of anilines is 1. The molecular formula is C27H34N6O. The summed E-state index contributed by atoms with van der Waals surface area (Å²) in [4.78, 5) is 15.2. The van der Waals surface area contributed by atoms with Crippen molar-refractivity contribution in [1.82, 2.24) is 24.2 Å². The van der Waals surface area contributed by atoms with Crippen molar-refractivity contribution in [3.05, 3.63) is 58.5 Å². The Bertz CT molecular complexity index is 1370. The van der Waals surface area contributed by atoms with E-state index >= 15 is 0 Å². The van der Waals surface area contributed by atoms with Gasteiger partial charge in [-0.1, -0.05) is 29.8 Å². The molecule has 0 radical (unpaired) electrons.